The fraction of sp³-hybridized carbons (Fsp3) is 0.765. The van der Waals surface area contributed by atoms with Crippen LogP contribution >= 0.6 is 0 Å². The fourth-order valence-corrected chi connectivity index (χ4v) is 2.11. The molecule has 0 spiro atoms. The minimum absolute atomic E-state index is 0.594. The zero-order valence-electron chi connectivity index (χ0n) is 13.6. The van der Waals surface area contributed by atoms with E-state index in [9.17, 15) is 0 Å². The average Bonchev–Trinajstić information content (AvgIpc) is 2.74. The van der Waals surface area contributed by atoms with Crippen molar-refractivity contribution in [3.05, 3.63) is 23.2 Å². The zero-order valence-corrected chi connectivity index (χ0v) is 13.6. The van der Waals surface area contributed by atoms with E-state index in [0.717, 1.165) is 37.6 Å². The highest BCUT2D eigenvalue weighted by atomic mass is 16.5. The maximum absolute atomic E-state index is 5.84. The molecule has 3 heteroatoms. The van der Waals surface area contributed by atoms with Crippen LogP contribution in [0.3, 0.4) is 0 Å². The normalized spacial score (nSPS) is 11.4. The SMILES string of the molecule is CCCCCCOCc1cc(C)c(CNCC(C)C)o1. The third kappa shape index (κ3) is 7.11. The van der Waals surface area contributed by atoms with Gasteiger partial charge in [0, 0.05) is 6.61 Å². The molecule has 0 aliphatic heterocycles. The maximum Gasteiger partial charge on any atom is 0.130 e. The van der Waals surface area contributed by atoms with E-state index in [1.54, 1.807) is 0 Å². The van der Waals surface area contributed by atoms with E-state index in [4.69, 9.17) is 9.15 Å². The van der Waals surface area contributed by atoms with Crippen LogP contribution in [0.25, 0.3) is 0 Å². The van der Waals surface area contributed by atoms with E-state index in [2.05, 4.69) is 39.1 Å². The summed E-state index contributed by atoms with van der Waals surface area (Å²) in [6.07, 6.45) is 4.98. The quantitative estimate of drug-likeness (QED) is 0.609. The molecule has 0 aliphatic rings. The Hall–Kier alpha value is -0.800. The van der Waals surface area contributed by atoms with Crippen LogP contribution in [0.1, 0.15) is 63.5 Å². The van der Waals surface area contributed by atoms with Gasteiger partial charge in [0.15, 0.2) is 0 Å². The monoisotopic (exact) mass is 281 g/mol. The molecule has 0 amide bonds. The molecule has 0 aromatic carbocycles. The van der Waals surface area contributed by atoms with Gasteiger partial charge in [-0.05, 0) is 37.4 Å². The van der Waals surface area contributed by atoms with Gasteiger partial charge in [0.1, 0.15) is 18.1 Å². The van der Waals surface area contributed by atoms with Gasteiger partial charge in [0.05, 0.1) is 6.54 Å². The lowest BCUT2D eigenvalue weighted by atomic mass is 10.2. The summed E-state index contributed by atoms with van der Waals surface area (Å²) < 4.78 is 11.5. The Balaban J connectivity index is 2.23. The third-order valence-corrected chi connectivity index (χ3v) is 3.30. The van der Waals surface area contributed by atoms with Crippen molar-refractivity contribution in [2.45, 2.75) is 66.5 Å². The zero-order chi connectivity index (χ0) is 14.8. The van der Waals surface area contributed by atoms with Crippen LogP contribution in [0.4, 0.5) is 0 Å². The van der Waals surface area contributed by atoms with Gasteiger partial charge in [-0.25, -0.2) is 0 Å². The van der Waals surface area contributed by atoms with Crippen molar-refractivity contribution in [1.29, 1.82) is 0 Å². The second-order valence-corrected chi connectivity index (χ2v) is 5.96. The van der Waals surface area contributed by atoms with Crippen LogP contribution in [0.2, 0.25) is 0 Å². The van der Waals surface area contributed by atoms with Crippen LogP contribution in [-0.2, 0) is 17.9 Å². The van der Waals surface area contributed by atoms with Gasteiger partial charge in [-0.3, -0.25) is 0 Å². The largest absolute Gasteiger partial charge is 0.462 e. The van der Waals surface area contributed by atoms with E-state index in [1.165, 1.54) is 24.8 Å². The van der Waals surface area contributed by atoms with Crippen LogP contribution in [0, 0.1) is 12.8 Å². The van der Waals surface area contributed by atoms with Crippen LogP contribution < -0.4 is 5.32 Å². The summed E-state index contributed by atoms with van der Waals surface area (Å²) in [6, 6.07) is 2.10. The highest BCUT2D eigenvalue weighted by Crippen LogP contribution is 2.15. The van der Waals surface area contributed by atoms with Crippen molar-refractivity contribution in [2.24, 2.45) is 5.92 Å². The predicted molar refractivity (Wildman–Crippen MR) is 83.8 cm³/mol. The molecule has 0 saturated heterocycles. The molecule has 0 radical (unpaired) electrons. The van der Waals surface area contributed by atoms with Crippen molar-refractivity contribution >= 4 is 0 Å². The molecule has 0 atom stereocenters. The number of unbranched alkanes of at least 4 members (excludes halogenated alkanes) is 3. The van der Waals surface area contributed by atoms with Crippen LogP contribution in [-0.4, -0.2) is 13.2 Å². The fourth-order valence-electron chi connectivity index (χ4n) is 2.11. The summed E-state index contributed by atoms with van der Waals surface area (Å²) >= 11 is 0. The van der Waals surface area contributed by atoms with Gasteiger partial charge in [0.2, 0.25) is 0 Å². The molecule has 0 fully saturated rings. The first-order valence-corrected chi connectivity index (χ1v) is 8.00. The van der Waals surface area contributed by atoms with Crippen molar-refractivity contribution < 1.29 is 9.15 Å². The first kappa shape index (κ1) is 17.3. The van der Waals surface area contributed by atoms with E-state index < -0.39 is 0 Å². The molecule has 1 N–H and O–H groups in total. The highest BCUT2D eigenvalue weighted by molar-refractivity contribution is 5.19. The second kappa shape index (κ2) is 10.0. The Morgan fingerprint density at radius 2 is 2.05 bits per heavy atom. The summed E-state index contributed by atoms with van der Waals surface area (Å²) in [5.41, 5.74) is 1.21. The molecule has 20 heavy (non-hydrogen) atoms. The molecule has 1 rings (SSSR count). The van der Waals surface area contributed by atoms with Gasteiger partial charge in [-0.15, -0.1) is 0 Å². The first-order chi connectivity index (χ1) is 9.63. The number of hydrogen-bond acceptors (Lipinski definition) is 3. The number of nitrogens with one attached hydrogen (secondary N) is 1. The number of ether oxygens (including phenoxy) is 1. The first-order valence-electron chi connectivity index (χ1n) is 8.00. The maximum atomic E-state index is 5.84. The molecule has 1 aromatic rings. The molecule has 0 saturated carbocycles. The van der Waals surface area contributed by atoms with Gasteiger partial charge in [-0.1, -0.05) is 40.0 Å². The average molecular weight is 281 g/mol. The Kier molecular flexibility index (Phi) is 8.63. The Labute approximate surface area is 124 Å². The van der Waals surface area contributed by atoms with E-state index in [0.29, 0.717) is 12.5 Å². The lowest BCUT2D eigenvalue weighted by Gasteiger charge is -2.06. The Bertz CT molecular complexity index is 358. The number of hydrogen-bond donors (Lipinski definition) is 1. The summed E-state index contributed by atoms with van der Waals surface area (Å²) in [5.74, 6) is 2.64. The number of furan rings is 1. The summed E-state index contributed by atoms with van der Waals surface area (Å²) in [7, 11) is 0. The molecule has 0 unspecified atom stereocenters. The number of rotatable bonds is 11. The lowest BCUT2D eigenvalue weighted by Crippen LogP contribution is -2.18. The molecular formula is C17H31NO2. The molecular weight excluding hydrogens is 250 g/mol. The summed E-state index contributed by atoms with van der Waals surface area (Å²) in [4.78, 5) is 0. The molecule has 1 heterocycles. The van der Waals surface area contributed by atoms with Gasteiger partial charge < -0.3 is 14.5 Å². The molecule has 116 valence electrons. The van der Waals surface area contributed by atoms with Gasteiger partial charge in [-0.2, -0.15) is 0 Å². The van der Waals surface area contributed by atoms with Crippen molar-refractivity contribution in [3.8, 4) is 0 Å². The Morgan fingerprint density at radius 3 is 2.75 bits per heavy atom. The van der Waals surface area contributed by atoms with E-state index in [-0.39, 0.29) is 0 Å². The highest BCUT2D eigenvalue weighted by Gasteiger charge is 2.07. The third-order valence-electron chi connectivity index (χ3n) is 3.30. The molecule has 3 nitrogen and oxygen atoms in total. The van der Waals surface area contributed by atoms with Crippen molar-refractivity contribution in [3.63, 3.8) is 0 Å². The minimum atomic E-state index is 0.594. The van der Waals surface area contributed by atoms with Crippen molar-refractivity contribution in [1.82, 2.24) is 5.32 Å². The van der Waals surface area contributed by atoms with Crippen LogP contribution in [0.5, 0.6) is 0 Å². The lowest BCUT2D eigenvalue weighted by molar-refractivity contribution is 0.101. The topological polar surface area (TPSA) is 34.4 Å². The summed E-state index contributed by atoms with van der Waals surface area (Å²) in [5, 5.41) is 3.41. The van der Waals surface area contributed by atoms with E-state index >= 15 is 0 Å². The Morgan fingerprint density at radius 1 is 1.25 bits per heavy atom. The van der Waals surface area contributed by atoms with Crippen LogP contribution in [0.15, 0.2) is 10.5 Å². The number of aryl methyl sites for hydroxylation is 1. The van der Waals surface area contributed by atoms with E-state index in [1.807, 2.05) is 0 Å². The summed E-state index contributed by atoms with van der Waals surface area (Å²) in [6.45, 7) is 12.0. The van der Waals surface area contributed by atoms with Crippen molar-refractivity contribution in [2.75, 3.05) is 13.2 Å². The second-order valence-electron chi connectivity index (χ2n) is 5.96. The molecule has 1 aromatic heterocycles. The minimum Gasteiger partial charge on any atom is -0.462 e. The predicted octanol–water partition coefficient (Wildman–Crippen LogP) is 4.43. The smallest absolute Gasteiger partial charge is 0.130 e. The standard InChI is InChI=1S/C17H31NO2/c1-5-6-7-8-9-19-13-16-10-15(4)17(20-16)12-18-11-14(2)3/h10,14,18H,5-9,11-13H2,1-4H3. The van der Waals surface area contributed by atoms with Gasteiger partial charge >= 0.3 is 0 Å². The molecule has 0 bridgehead atoms. The molecule has 0 aliphatic carbocycles. The van der Waals surface area contributed by atoms with Gasteiger partial charge in [0.25, 0.3) is 0 Å².